The van der Waals surface area contributed by atoms with E-state index in [0.29, 0.717) is 12.1 Å². The summed E-state index contributed by atoms with van der Waals surface area (Å²) in [5.41, 5.74) is 5.19. The average molecular weight is 336 g/mol. The number of nitrogens with zero attached hydrogens (tertiary/aromatic N) is 1. The topological polar surface area (TPSA) is 42.0 Å². The van der Waals surface area contributed by atoms with Gasteiger partial charge < -0.3 is 5.32 Å². The van der Waals surface area contributed by atoms with E-state index in [0.717, 1.165) is 29.5 Å². The minimum atomic E-state index is -0.0565. The molecule has 1 aromatic carbocycles. The molecule has 0 aliphatic carbocycles. The first-order chi connectivity index (χ1) is 11.8. The largest absolute Gasteiger partial charge is 0.348 e. The fraction of sp³-hybridized carbons (Fsp3) is 0.200. The van der Waals surface area contributed by atoms with Gasteiger partial charge in [-0.15, -0.1) is 0 Å². The maximum Gasteiger partial charge on any atom is 0.251 e. The van der Waals surface area contributed by atoms with Gasteiger partial charge in [0.05, 0.1) is 0 Å². The molecule has 0 unspecified atom stereocenters. The van der Waals surface area contributed by atoms with Crippen molar-refractivity contribution in [1.82, 2.24) is 10.3 Å². The molecule has 3 nitrogen and oxygen atoms in total. The maximum absolute atomic E-state index is 12.3. The van der Waals surface area contributed by atoms with Crippen LogP contribution in [0.2, 0.25) is 0 Å². The van der Waals surface area contributed by atoms with Gasteiger partial charge in [-0.2, -0.15) is 11.3 Å². The normalized spacial score (nSPS) is 10.5. The highest BCUT2D eigenvalue weighted by atomic mass is 32.1. The lowest BCUT2D eigenvalue weighted by atomic mass is 10.1. The zero-order valence-corrected chi connectivity index (χ0v) is 14.5. The van der Waals surface area contributed by atoms with Crippen molar-refractivity contribution in [3.05, 3.63) is 76.2 Å². The molecule has 0 spiro atoms. The summed E-state index contributed by atoms with van der Waals surface area (Å²) in [5.74, 6) is -0.0565. The summed E-state index contributed by atoms with van der Waals surface area (Å²) in [6.07, 6.45) is 5.79. The third kappa shape index (κ3) is 4.09. The second-order valence-electron chi connectivity index (χ2n) is 5.72. The predicted molar refractivity (Wildman–Crippen MR) is 99.2 cm³/mol. The third-order valence-corrected chi connectivity index (χ3v) is 4.54. The van der Waals surface area contributed by atoms with Crippen LogP contribution < -0.4 is 5.32 Å². The van der Waals surface area contributed by atoms with Crippen LogP contribution in [0, 0.1) is 0 Å². The van der Waals surface area contributed by atoms with E-state index in [-0.39, 0.29) is 5.91 Å². The minimum Gasteiger partial charge on any atom is -0.348 e. The van der Waals surface area contributed by atoms with Gasteiger partial charge in [-0.05, 0) is 58.1 Å². The fourth-order valence-electron chi connectivity index (χ4n) is 2.57. The van der Waals surface area contributed by atoms with Crippen LogP contribution >= 0.6 is 11.3 Å². The quantitative estimate of drug-likeness (QED) is 0.709. The molecule has 4 heteroatoms. The Morgan fingerprint density at radius 2 is 1.92 bits per heavy atom. The first kappa shape index (κ1) is 16.4. The zero-order chi connectivity index (χ0) is 16.8. The van der Waals surface area contributed by atoms with Crippen molar-refractivity contribution < 1.29 is 4.79 Å². The van der Waals surface area contributed by atoms with Gasteiger partial charge in [0, 0.05) is 30.1 Å². The van der Waals surface area contributed by atoms with E-state index in [9.17, 15) is 4.79 Å². The number of hydrogen-bond donors (Lipinski definition) is 1. The summed E-state index contributed by atoms with van der Waals surface area (Å²) in [6, 6.07) is 12.0. The highest BCUT2D eigenvalue weighted by Crippen LogP contribution is 2.21. The molecule has 0 atom stereocenters. The Kier molecular flexibility index (Phi) is 5.39. The molecule has 0 saturated heterocycles. The fourth-order valence-corrected chi connectivity index (χ4v) is 3.23. The molecule has 24 heavy (non-hydrogen) atoms. The molecule has 0 aliphatic rings. The molecular weight excluding hydrogens is 316 g/mol. The van der Waals surface area contributed by atoms with E-state index < -0.39 is 0 Å². The molecule has 3 rings (SSSR count). The monoisotopic (exact) mass is 336 g/mol. The van der Waals surface area contributed by atoms with Crippen molar-refractivity contribution >= 4 is 17.2 Å². The van der Waals surface area contributed by atoms with Crippen LogP contribution in [0.15, 0.2) is 59.6 Å². The Labute approximate surface area is 146 Å². The molecule has 1 amide bonds. The van der Waals surface area contributed by atoms with Crippen LogP contribution in [0.1, 0.15) is 34.8 Å². The van der Waals surface area contributed by atoms with Crippen molar-refractivity contribution in [3.8, 4) is 11.1 Å². The number of aryl methyl sites for hydroxylation is 1. The number of carbonyl (C=O) groups excluding carboxylic acids is 1. The standard InChI is InChI=1S/C20H20N2OS/c1-2-3-15-4-6-17(7-5-15)20(23)22-12-16-10-19(13-21-11-16)18-8-9-24-14-18/h4-11,13-14H,2-3,12H2,1H3,(H,22,23). The Balaban J connectivity index is 1.63. The smallest absolute Gasteiger partial charge is 0.251 e. The number of amides is 1. The molecule has 0 radical (unpaired) electrons. The molecule has 0 bridgehead atoms. The van der Waals surface area contributed by atoms with E-state index in [4.69, 9.17) is 0 Å². The van der Waals surface area contributed by atoms with Gasteiger partial charge in [-0.25, -0.2) is 0 Å². The molecule has 0 saturated carbocycles. The number of carbonyl (C=O) groups is 1. The number of pyridine rings is 1. The maximum atomic E-state index is 12.3. The Morgan fingerprint density at radius 1 is 1.08 bits per heavy atom. The van der Waals surface area contributed by atoms with Crippen LogP contribution in [0.3, 0.4) is 0 Å². The Bertz CT molecular complexity index is 795. The highest BCUT2D eigenvalue weighted by molar-refractivity contribution is 7.08. The molecule has 2 aromatic heterocycles. The lowest BCUT2D eigenvalue weighted by Crippen LogP contribution is -2.22. The minimum absolute atomic E-state index is 0.0565. The van der Waals surface area contributed by atoms with Crippen molar-refractivity contribution in [2.75, 3.05) is 0 Å². The van der Waals surface area contributed by atoms with Gasteiger partial charge in [0.25, 0.3) is 5.91 Å². The van der Waals surface area contributed by atoms with Gasteiger partial charge in [0.15, 0.2) is 0 Å². The number of benzene rings is 1. The summed E-state index contributed by atoms with van der Waals surface area (Å²) in [7, 11) is 0. The first-order valence-corrected chi connectivity index (χ1v) is 9.04. The second kappa shape index (κ2) is 7.88. The SMILES string of the molecule is CCCc1ccc(C(=O)NCc2cncc(-c3ccsc3)c2)cc1. The summed E-state index contributed by atoms with van der Waals surface area (Å²) in [6.45, 7) is 2.62. The number of nitrogens with one attached hydrogen (secondary N) is 1. The number of rotatable bonds is 6. The molecule has 2 heterocycles. The Hall–Kier alpha value is -2.46. The summed E-state index contributed by atoms with van der Waals surface area (Å²) < 4.78 is 0. The molecule has 122 valence electrons. The lowest BCUT2D eigenvalue weighted by Gasteiger charge is -2.07. The van der Waals surface area contributed by atoms with Gasteiger partial charge in [0.1, 0.15) is 0 Å². The zero-order valence-electron chi connectivity index (χ0n) is 13.7. The van der Waals surface area contributed by atoms with Gasteiger partial charge >= 0.3 is 0 Å². The van der Waals surface area contributed by atoms with Crippen molar-refractivity contribution in [2.45, 2.75) is 26.3 Å². The molecule has 0 aliphatic heterocycles. The van der Waals surface area contributed by atoms with E-state index in [1.54, 1.807) is 17.5 Å². The van der Waals surface area contributed by atoms with Crippen molar-refractivity contribution in [1.29, 1.82) is 0 Å². The van der Waals surface area contributed by atoms with Gasteiger partial charge in [0.2, 0.25) is 0 Å². The molecule has 1 N–H and O–H groups in total. The van der Waals surface area contributed by atoms with Crippen LogP contribution in [0.5, 0.6) is 0 Å². The van der Waals surface area contributed by atoms with E-state index in [2.05, 4.69) is 34.7 Å². The summed E-state index contributed by atoms with van der Waals surface area (Å²) in [4.78, 5) is 16.5. The lowest BCUT2D eigenvalue weighted by molar-refractivity contribution is 0.0951. The Morgan fingerprint density at radius 3 is 2.62 bits per heavy atom. The number of aromatic nitrogens is 1. The second-order valence-corrected chi connectivity index (χ2v) is 6.50. The highest BCUT2D eigenvalue weighted by Gasteiger charge is 2.06. The predicted octanol–water partition coefficient (Wildman–Crippen LogP) is 4.69. The van der Waals surface area contributed by atoms with E-state index >= 15 is 0 Å². The molecule has 0 fully saturated rings. The van der Waals surface area contributed by atoms with Crippen LogP contribution in [-0.4, -0.2) is 10.9 Å². The van der Waals surface area contributed by atoms with Crippen LogP contribution in [-0.2, 0) is 13.0 Å². The van der Waals surface area contributed by atoms with Crippen molar-refractivity contribution in [3.63, 3.8) is 0 Å². The third-order valence-electron chi connectivity index (χ3n) is 3.86. The number of thiophene rings is 1. The van der Waals surface area contributed by atoms with E-state index in [1.165, 1.54) is 5.56 Å². The van der Waals surface area contributed by atoms with Crippen LogP contribution in [0.25, 0.3) is 11.1 Å². The summed E-state index contributed by atoms with van der Waals surface area (Å²) >= 11 is 1.66. The van der Waals surface area contributed by atoms with Crippen LogP contribution in [0.4, 0.5) is 0 Å². The van der Waals surface area contributed by atoms with E-state index in [1.807, 2.05) is 35.8 Å². The summed E-state index contributed by atoms with van der Waals surface area (Å²) in [5, 5.41) is 7.10. The molecule has 3 aromatic rings. The first-order valence-electron chi connectivity index (χ1n) is 8.10. The average Bonchev–Trinajstić information content (AvgIpc) is 3.16. The van der Waals surface area contributed by atoms with Crippen molar-refractivity contribution in [2.24, 2.45) is 0 Å². The van der Waals surface area contributed by atoms with Gasteiger partial charge in [-0.1, -0.05) is 25.5 Å². The number of hydrogen-bond acceptors (Lipinski definition) is 3. The molecular formula is C20H20N2OS. The van der Waals surface area contributed by atoms with Gasteiger partial charge in [-0.3, -0.25) is 9.78 Å².